The average Bonchev–Trinajstić information content (AvgIpc) is 2.61. The lowest BCUT2D eigenvalue weighted by Crippen LogP contribution is -2.37. The molecule has 0 aliphatic carbocycles. The highest BCUT2D eigenvalue weighted by molar-refractivity contribution is 5.84. The molecule has 26 heavy (non-hydrogen) atoms. The third kappa shape index (κ3) is 5.98. The Morgan fingerprint density at radius 1 is 1.15 bits per heavy atom. The molecule has 0 bridgehead atoms. The predicted octanol–water partition coefficient (Wildman–Crippen LogP) is 3.89. The third-order valence-corrected chi connectivity index (χ3v) is 3.71. The van der Waals surface area contributed by atoms with E-state index >= 15 is 0 Å². The Labute approximate surface area is 150 Å². The molecular formula is C19H21F3N2O2. The van der Waals surface area contributed by atoms with Crippen molar-refractivity contribution in [3.8, 4) is 5.75 Å². The van der Waals surface area contributed by atoms with Crippen molar-refractivity contribution in [3.63, 3.8) is 0 Å². The van der Waals surface area contributed by atoms with Gasteiger partial charge in [-0.05, 0) is 43.2 Å². The summed E-state index contributed by atoms with van der Waals surface area (Å²) in [5.74, 6) is -0.237. The summed E-state index contributed by atoms with van der Waals surface area (Å²) in [6, 6.07) is 10.4. The van der Waals surface area contributed by atoms with E-state index in [1.165, 1.54) is 12.1 Å². The van der Waals surface area contributed by atoms with Crippen LogP contribution in [0.5, 0.6) is 5.75 Å². The summed E-state index contributed by atoms with van der Waals surface area (Å²) >= 11 is 0. The van der Waals surface area contributed by atoms with Gasteiger partial charge < -0.3 is 15.4 Å². The zero-order valence-corrected chi connectivity index (χ0v) is 14.6. The molecule has 0 aromatic heterocycles. The lowest BCUT2D eigenvalue weighted by molar-refractivity contribution is -0.121. The predicted molar refractivity (Wildman–Crippen MR) is 94.0 cm³/mol. The molecule has 2 N–H and O–H groups in total. The fraction of sp³-hybridized carbons (Fsp3) is 0.316. The summed E-state index contributed by atoms with van der Waals surface area (Å²) in [4.78, 5) is 12.2. The van der Waals surface area contributed by atoms with E-state index in [2.05, 4.69) is 10.6 Å². The van der Waals surface area contributed by atoms with Crippen LogP contribution in [0.25, 0.3) is 0 Å². The zero-order valence-electron chi connectivity index (χ0n) is 14.6. The van der Waals surface area contributed by atoms with Crippen molar-refractivity contribution in [2.75, 3.05) is 11.9 Å². The number of rotatable bonds is 8. The van der Waals surface area contributed by atoms with E-state index < -0.39 is 19.1 Å². The van der Waals surface area contributed by atoms with Crippen LogP contribution in [-0.2, 0) is 11.3 Å². The first-order valence-electron chi connectivity index (χ1n) is 8.15. The van der Waals surface area contributed by atoms with Crippen LogP contribution in [0, 0.1) is 12.7 Å². The van der Waals surface area contributed by atoms with Crippen molar-refractivity contribution in [1.29, 1.82) is 0 Å². The van der Waals surface area contributed by atoms with E-state index in [0.717, 1.165) is 11.1 Å². The Kier molecular flexibility index (Phi) is 6.89. The maximum Gasteiger partial charge on any atom is 0.272 e. The van der Waals surface area contributed by atoms with Crippen LogP contribution in [0.2, 0.25) is 0 Å². The number of carbonyl (C=O) groups excluding carboxylic acids is 1. The second-order valence-electron chi connectivity index (χ2n) is 5.89. The van der Waals surface area contributed by atoms with Crippen LogP contribution in [-0.4, -0.2) is 25.0 Å². The summed E-state index contributed by atoms with van der Waals surface area (Å²) < 4.78 is 42.5. The molecule has 140 valence electrons. The molecule has 4 nitrogen and oxygen atoms in total. The molecule has 7 heteroatoms. The summed E-state index contributed by atoms with van der Waals surface area (Å²) in [7, 11) is 0. The van der Waals surface area contributed by atoms with E-state index in [9.17, 15) is 18.0 Å². The smallest absolute Gasteiger partial charge is 0.272 e. The van der Waals surface area contributed by atoms with E-state index in [1.54, 1.807) is 44.2 Å². The first kappa shape index (κ1) is 19.6. The van der Waals surface area contributed by atoms with Gasteiger partial charge in [0.15, 0.2) is 0 Å². The highest BCUT2D eigenvalue weighted by Crippen LogP contribution is 2.23. The van der Waals surface area contributed by atoms with E-state index in [4.69, 9.17) is 4.74 Å². The van der Waals surface area contributed by atoms with Gasteiger partial charge in [0.2, 0.25) is 5.91 Å². The maximum atomic E-state index is 12.9. The van der Waals surface area contributed by atoms with Crippen molar-refractivity contribution < 1.29 is 22.7 Å². The lowest BCUT2D eigenvalue weighted by atomic mass is 10.2. The number of hydrogen-bond donors (Lipinski definition) is 2. The van der Waals surface area contributed by atoms with Gasteiger partial charge in [-0.3, -0.25) is 4.79 Å². The van der Waals surface area contributed by atoms with Gasteiger partial charge in [-0.15, -0.1) is 0 Å². The van der Waals surface area contributed by atoms with Crippen molar-refractivity contribution in [2.45, 2.75) is 32.9 Å². The summed E-state index contributed by atoms with van der Waals surface area (Å²) in [6.45, 7) is 3.03. The van der Waals surface area contributed by atoms with Crippen LogP contribution in [0.3, 0.4) is 0 Å². The summed E-state index contributed by atoms with van der Waals surface area (Å²) in [6.07, 6.45) is -2.55. The first-order valence-corrected chi connectivity index (χ1v) is 8.15. The molecule has 2 aromatic rings. The number of ether oxygens (including phenoxy) is 1. The number of benzene rings is 2. The van der Waals surface area contributed by atoms with Gasteiger partial charge in [-0.2, -0.15) is 0 Å². The topological polar surface area (TPSA) is 50.4 Å². The molecule has 0 aliphatic rings. The van der Waals surface area contributed by atoms with Crippen LogP contribution in [0.15, 0.2) is 42.5 Å². The van der Waals surface area contributed by atoms with Crippen molar-refractivity contribution >= 4 is 11.6 Å². The van der Waals surface area contributed by atoms with Gasteiger partial charge in [-0.25, -0.2) is 13.2 Å². The minimum atomic E-state index is -2.55. The van der Waals surface area contributed by atoms with E-state index in [-0.39, 0.29) is 18.3 Å². The highest BCUT2D eigenvalue weighted by atomic mass is 19.3. The van der Waals surface area contributed by atoms with Gasteiger partial charge >= 0.3 is 0 Å². The van der Waals surface area contributed by atoms with Gasteiger partial charge in [-0.1, -0.05) is 18.2 Å². The number of nitrogens with one attached hydrogen (secondary N) is 2. The number of alkyl halides is 2. The standard InChI is InChI=1S/C19H21F3N2O2/c1-12-3-8-16(9-17(12)26-11-18(21)22)24-13(2)19(25)23-10-14-4-6-15(20)7-5-14/h3-9,13,18,24H,10-11H2,1-2H3,(H,23,25). The van der Waals surface area contributed by atoms with Gasteiger partial charge in [0.1, 0.15) is 24.2 Å². The molecular weight excluding hydrogens is 345 g/mol. The van der Waals surface area contributed by atoms with Crippen molar-refractivity contribution in [2.24, 2.45) is 0 Å². The zero-order chi connectivity index (χ0) is 19.1. The molecule has 0 heterocycles. The number of hydrogen-bond acceptors (Lipinski definition) is 3. The molecule has 0 saturated carbocycles. The number of amides is 1. The molecule has 0 spiro atoms. The highest BCUT2D eigenvalue weighted by Gasteiger charge is 2.13. The molecule has 0 aliphatic heterocycles. The molecule has 2 aromatic carbocycles. The largest absolute Gasteiger partial charge is 0.487 e. The first-order chi connectivity index (χ1) is 12.3. The van der Waals surface area contributed by atoms with Crippen LogP contribution < -0.4 is 15.4 Å². The Morgan fingerprint density at radius 3 is 2.50 bits per heavy atom. The fourth-order valence-electron chi connectivity index (χ4n) is 2.26. The van der Waals surface area contributed by atoms with Gasteiger partial charge in [0, 0.05) is 18.3 Å². The summed E-state index contributed by atoms with van der Waals surface area (Å²) in [5.41, 5.74) is 2.10. The second-order valence-corrected chi connectivity index (χ2v) is 5.89. The monoisotopic (exact) mass is 366 g/mol. The number of anilines is 1. The van der Waals surface area contributed by atoms with Crippen LogP contribution in [0.4, 0.5) is 18.9 Å². The number of aryl methyl sites for hydroxylation is 1. The van der Waals surface area contributed by atoms with E-state index in [0.29, 0.717) is 11.4 Å². The molecule has 1 unspecified atom stereocenters. The SMILES string of the molecule is Cc1ccc(NC(C)C(=O)NCc2ccc(F)cc2)cc1OCC(F)F. The summed E-state index contributed by atoms with van der Waals surface area (Å²) in [5, 5.41) is 5.75. The Morgan fingerprint density at radius 2 is 1.85 bits per heavy atom. The second kappa shape index (κ2) is 9.12. The van der Waals surface area contributed by atoms with Crippen LogP contribution in [0.1, 0.15) is 18.1 Å². The average molecular weight is 366 g/mol. The molecule has 1 amide bonds. The quantitative estimate of drug-likeness (QED) is 0.745. The molecule has 0 saturated heterocycles. The van der Waals surface area contributed by atoms with Crippen molar-refractivity contribution in [3.05, 3.63) is 59.4 Å². The van der Waals surface area contributed by atoms with Gasteiger partial charge in [0.05, 0.1) is 0 Å². The lowest BCUT2D eigenvalue weighted by Gasteiger charge is -2.17. The normalized spacial score (nSPS) is 11.9. The number of halogens is 3. The fourth-order valence-corrected chi connectivity index (χ4v) is 2.26. The molecule has 2 rings (SSSR count). The minimum absolute atomic E-state index is 0.245. The molecule has 1 atom stereocenters. The van der Waals surface area contributed by atoms with Crippen molar-refractivity contribution in [1.82, 2.24) is 5.32 Å². The minimum Gasteiger partial charge on any atom is -0.487 e. The number of carbonyl (C=O) groups is 1. The molecule has 0 radical (unpaired) electrons. The Bertz CT molecular complexity index is 736. The molecule has 0 fully saturated rings. The van der Waals surface area contributed by atoms with Gasteiger partial charge in [0.25, 0.3) is 6.43 Å². The Hall–Kier alpha value is -2.70. The van der Waals surface area contributed by atoms with E-state index in [1.807, 2.05) is 0 Å². The third-order valence-electron chi connectivity index (χ3n) is 3.71. The maximum absolute atomic E-state index is 12.9. The van der Waals surface area contributed by atoms with Crippen LogP contribution >= 0.6 is 0 Å². The Balaban J connectivity index is 1.91.